The van der Waals surface area contributed by atoms with Gasteiger partial charge < -0.3 is 9.73 Å². The quantitative estimate of drug-likeness (QED) is 0.356. The standard InChI is InChI=1S/C19H12ClN3O6S/c20-10-1-4-13(17(7-10)23(25)26)18-6-2-11(29-18)8-15-14-9-12(30(21,27)28)3-5-16(14)22-19(15)24/h1-9H,(H,22,24)(H2,21,27,28)/b15-8-. The fourth-order valence-electron chi connectivity index (χ4n) is 3.07. The Balaban J connectivity index is 1.77. The summed E-state index contributed by atoms with van der Waals surface area (Å²) in [6.07, 6.45) is 1.42. The van der Waals surface area contributed by atoms with Crippen molar-refractivity contribution in [2.24, 2.45) is 5.14 Å². The number of sulfonamides is 1. The Morgan fingerprint density at radius 3 is 2.57 bits per heavy atom. The van der Waals surface area contributed by atoms with Crippen LogP contribution in [-0.4, -0.2) is 19.2 Å². The molecule has 9 nitrogen and oxygen atoms in total. The number of halogens is 1. The fourth-order valence-corrected chi connectivity index (χ4v) is 3.78. The van der Waals surface area contributed by atoms with Crippen LogP contribution in [0.2, 0.25) is 5.02 Å². The molecule has 1 aliphatic rings. The van der Waals surface area contributed by atoms with Crippen molar-refractivity contribution in [2.75, 3.05) is 5.32 Å². The van der Waals surface area contributed by atoms with Gasteiger partial charge in [0.25, 0.3) is 11.6 Å². The predicted molar refractivity (Wildman–Crippen MR) is 110 cm³/mol. The maximum Gasteiger partial charge on any atom is 0.281 e. The zero-order valence-corrected chi connectivity index (χ0v) is 16.5. The Kier molecular flexibility index (Phi) is 4.69. The van der Waals surface area contributed by atoms with Gasteiger partial charge in [0, 0.05) is 22.3 Å². The molecule has 152 valence electrons. The van der Waals surface area contributed by atoms with E-state index in [2.05, 4.69) is 5.32 Å². The van der Waals surface area contributed by atoms with Crippen LogP contribution in [0, 0.1) is 10.1 Å². The summed E-state index contributed by atoms with van der Waals surface area (Å²) >= 11 is 5.83. The van der Waals surface area contributed by atoms with E-state index in [-0.39, 0.29) is 38.3 Å². The Bertz CT molecular complexity index is 1360. The van der Waals surface area contributed by atoms with E-state index >= 15 is 0 Å². The van der Waals surface area contributed by atoms with Gasteiger partial charge >= 0.3 is 0 Å². The van der Waals surface area contributed by atoms with Crippen molar-refractivity contribution in [1.82, 2.24) is 0 Å². The third-order valence-corrected chi connectivity index (χ3v) is 5.58. The largest absolute Gasteiger partial charge is 0.456 e. The van der Waals surface area contributed by atoms with Gasteiger partial charge in [-0.05, 0) is 48.5 Å². The lowest BCUT2D eigenvalue weighted by Gasteiger charge is -2.02. The molecule has 1 aliphatic heterocycles. The molecule has 2 heterocycles. The van der Waals surface area contributed by atoms with Crippen molar-refractivity contribution in [1.29, 1.82) is 0 Å². The number of fused-ring (bicyclic) bond motifs is 1. The molecular formula is C19H12ClN3O6S. The average Bonchev–Trinajstić information content (AvgIpc) is 3.25. The van der Waals surface area contributed by atoms with Crippen molar-refractivity contribution >= 4 is 50.6 Å². The number of rotatable bonds is 4. The fraction of sp³-hybridized carbons (Fsp3) is 0. The van der Waals surface area contributed by atoms with Crippen molar-refractivity contribution in [3.05, 3.63) is 75.0 Å². The number of nitro groups is 1. The van der Waals surface area contributed by atoms with Crippen LogP contribution in [0.4, 0.5) is 11.4 Å². The maximum atomic E-state index is 12.3. The zero-order chi connectivity index (χ0) is 21.6. The molecule has 0 spiro atoms. The molecule has 2 aromatic carbocycles. The molecule has 4 rings (SSSR count). The Morgan fingerprint density at radius 2 is 1.87 bits per heavy atom. The van der Waals surface area contributed by atoms with Gasteiger partial charge in [-0.3, -0.25) is 14.9 Å². The maximum absolute atomic E-state index is 12.3. The summed E-state index contributed by atoms with van der Waals surface area (Å²) in [5, 5.41) is 19.3. The highest BCUT2D eigenvalue weighted by atomic mass is 35.5. The minimum atomic E-state index is -3.95. The zero-order valence-electron chi connectivity index (χ0n) is 15.0. The smallest absolute Gasteiger partial charge is 0.281 e. The number of nitrogens with two attached hydrogens (primary N) is 1. The van der Waals surface area contributed by atoms with Crippen molar-refractivity contribution < 1.29 is 22.6 Å². The number of benzene rings is 2. The van der Waals surface area contributed by atoms with Gasteiger partial charge in [0.05, 0.1) is 21.0 Å². The Hall–Kier alpha value is -3.47. The SMILES string of the molecule is NS(=O)(=O)c1ccc2c(c1)/C(=C/c1ccc(-c3ccc(Cl)cc3[N+](=O)[O-])o1)C(=O)N2. The van der Waals surface area contributed by atoms with E-state index in [1.54, 1.807) is 0 Å². The van der Waals surface area contributed by atoms with Crippen molar-refractivity contribution in [3.63, 3.8) is 0 Å². The third kappa shape index (κ3) is 3.59. The molecule has 3 N–H and O–H groups in total. The minimum absolute atomic E-state index is 0.138. The number of carbonyl (C=O) groups excluding carboxylic acids is 1. The Labute approximate surface area is 175 Å². The van der Waals surface area contributed by atoms with E-state index in [1.807, 2.05) is 0 Å². The molecule has 0 radical (unpaired) electrons. The number of carbonyl (C=O) groups is 1. The lowest BCUT2D eigenvalue weighted by atomic mass is 10.1. The van der Waals surface area contributed by atoms with Crippen molar-refractivity contribution in [2.45, 2.75) is 4.90 Å². The molecule has 0 atom stereocenters. The van der Waals surface area contributed by atoms with Crippen LogP contribution >= 0.6 is 11.6 Å². The van der Waals surface area contributed by atoms with E-state index in [0.717, 1.165) is 0 Å². The highest BCUT2D eigenvalue weighted by Crippen LogP contribution is 2.37. The second kappa shape index (κ2) is 7.10. The van der Waals surface area contributed by atoms with E-state index in [9.17, 15) is 23.3 Å². The molecule has 0 bridgehead atoms. The molecule has 0 fully saturated rings. The van der Waals surface area contributed by atoms with E-state index in [0.29, 0.717) is 11.3 Å². The first-order valence-electron chi connectivity index (χ1n) is 8.38. The number of nitro benzene ring substituents is 1. The number of anilines is 1. The molecule has 1 aromatic heterocycles. The summed E-state index contributed by atoms with van der Waals surface area (Å²) < 4.78 is 28.9. The molecule has 0 saturated carbocycles. The van der Waals surface area contributed by atoms with Gasteiger partial charge in [-0.15, -0.1) is 0 Å². The van der Waals surface area contributed by atoms with Gasteiger partial charge in [0.2, 0.25) is 10.0 Å². The molecule has 11 heteroatoms. The summed E-state index contributed by atoms with van der Waals surface area (Å²) in [6.45, 7) is 0. The number of furan rings is 1. The molecule has 30 heavy (non-hydrogen) atoms. The topological polar surface area (TPSA) is 146 Å². The summed E-state index contributed by atoms with van der Waals surface area (Å²) in [7, 11) is -3.95. The second-order valence-electron chi connectivity index (χ2n) is 6.39. The van der Waals surface area contributed by atoms with Crippen LogP contribution in [0.1, 0.15) is 11.3 Å². The van der Waals surface area contributed by atoms with Gasteiger partial charge in [-0.25, -0.2) is 13.6 Å². The van der Waals surface area contributed by atoms with Crippen LogP contribution in [-0.2, 0) is 14.8 Å². The number of nitrogens with zero attached hydrogens (tertiary/aromatic N) is 1. The monoisotopic (exact) mass is 445 g/mol. The summed E-state index contributed by atoms with van der Waals surface area (Å²) in [5.41, 5.74) is 0.947. The van der Waals surface area contributed by atoms with E-state index in [4.69, 9.17) is 21.2 Å². The van der Waals surface area contributed by atoms with Gasteiger partial charge in [0.15, 0.2) is 0 Å². The molecule has 3 aromatic rings. The summed E-state index contributed by atoms with van der Waals surface area (Å²) in [5.74, 6) is 0.00221. The van der Waals surface area contributed by atoms with Crippen LogP contribution in [0.5, 0.6) is 0 Å². The number of primary sulfonamides is 1. The van der Waals surface area contributed by atoms with E-state index < -0.39 is 20.9 Å². The van der Waals surface area contributed by atoms with Crippen LogP contribution in [0.15, 0.2) is 57.8 Å². The van der Waals surface area contributed by atoms with E-state index in [1.165, 1.54) is 54.6 Å². The van der Waals surface area contributed by atoms with Crippen LogP contribution in [0.25, 0.3) is 23.0 Å². The highest BCUT2D eigenvalue weighted by Gasteiger charge is 2.26. The second-order valence-corrected chi connectivity index (χ2v) is 8.38. The number of nitrogens with one attached hydrogen (secondary N) is 1. The molecule has 1 amide bonds. The molecule has 0 aliphatic carbocycles. The van der Waals surface area contributed by atoms with Gasteiger partial charge in [-0.2, -0.15) is 0 Å². The third-order valence-electron chi connectivity index (χ3n) is 4.44. The summed E-state index contributed by atoms with van der Waals surface area (Å²) in [4.78, 5) is 22.9. The van der Waals surface area contributed by atoms with Crippen molar-refractivity contribution in [3.8, 4) is 11.3 Å². The highest BCUT2D eigenvalue weighted by molar-refractivity contribution is 7.89. The normalized spacial score (nSPS) is 14.6. The molecule has 0 unspecified atom stereocenters. The number of hydrogen-bond acceptors (Lipinski definition) is 6. The lowest BCUT2D eigenvalue weighted by molar-refractivity contribution is -0.384. The Morgan fingerprint density at radius 1 is 1.10 bits per heavy atom. The molecular weight excluding hydrogens is 434 g/mol. The number of amides is 1. The summed E-state index contributed by atoms with van der Waals surface area (Å²) in [6, 6.07) is 11.3. The first-order chi connectivity index (χ1) is 14.1. The van der Waals surface area contributed by atoms with Crippen LogP contribution < -0.4 is 10.5 Å². The van der Waals surface area contributed by atoms with Gasteiger partial charge in [0.1, 0.15) is 11.5 Å². The predicted octanol–water partition coefficient (Wildman–Crippen LogP) is 3.65. The van der Waals surface area contributed by atoms with Gasteiger partial charge in [-0.1, -0.05) is 11.6 Å². The number of hydrogen-bond donors (Lipinski definition) is 2. The minimum Gasteiger partial charge on any atom is -0.456 e. The first-order valence-corrected chi connectivity index (χ1v) is 10.3. The first kappa shape index (κ1) is 19.8. The molecule has 0 saturated heterocycles. The average molecular weight is 446 g/mol. The van der Waals surface area contributed by atoms with Crippen LogP contribution in [0.3, 0.4) is 0 Å². The lowest BCUT2D eigenvalue weighted by Crippen LogP contribution is -2.12.